The van der Waals surface area contributed by atoms with Gasteiger partial charge < -0.3 is 14.9 Å². The number of carboxylic acid groups (broad SMARTS) is 2. The van der Waals surface area contributed by atoms with E-state index >= 15 is 0 Å². The van der Waals surface area contributed by atoms with Crippen molar-refractivity contribution < 1.29 is 24.5 Å². The molecule has 1 fully saturated rings. The molecule has 0 bridgehead atoms. The number of carbonyl (C=O) groups is 2. The Kier molecular flexibility index (Phi) is 3.25. The van der Waals surface area contributed by atoms with Crippen LogP contribution in [-0.4, -0.2) is 34.9 Å². The fourth-order valence-corrected chi connectivity index (χ4v) is 1.49. The van der Waals surface area contributed by atoms with Gasteiger partial charge >= 0.3 is 11.9 Å². The molecule has 0 aromatic heterocycles. The fourth-order valence-electron chi connectivity index (χ4n) is 1.49. The highest BCUT2D eigenvalue weighted by Crippen LogP contribution is 2.23. The van der Waals surface area contributed by atoms with Gasteiger partial charge in [0.15, 0.2) is 0 Å². The Morgan fingerprint density at radius 2 is 2.15 bits per heavy atom. The maximum Gasteiger partial charge on any atom is 0.309 e. The molecule has 5 heteroatoms. The van der Waals surface area contributed by atoms with Crippen LogP contribution in [0.5, 0.6) is 0 Å². The third-order valence-electron chi connectivity index (χ3n) is 2.13. The van der Waals surface area contributed by atoms with E-state index in [2.05, 4.69) is 0 Å². The van der Waals surface area contributed by atoms with E-state index in [4.69, 9.17) is 14.9 Å². The standard InChI is InChI=1S/C8H12O5/c9-7(10)4-5(8(11)12)6-2-1-3-13-6/h5-6H,1-4H2,(H,9,10)(H,11,12)/t5-,6+/m0/s1. The maximum absolute atomic E-state index is 10.7. The highest BCUT2D eigenvalue weighted by Gasteiger charge is 2.33. The highest BCUT2D eigenvalue weighted by atomic mass is 16.5. The molecule has 0 aromatic carbocycles. The van der Waals surface area contributed by atoms with Crippen LogP contribution in [0.25, 0.3) is 0 Å². The van der Waals surface area contributed by atoms with E-state index < -0.39 is 24.0 Å². The Hall–Kier alpha value is -1.10. The van der Waals surface area contributed by atoms with Gasteiger partial charge in [-0.3, -0.25) is 9.59 Å². The van der Waals surface area contributed by atoms with Gasteiger partial charge in [0.25, 0.3) is 0 Å². The molecule has 1 aliphatic rings. The zero-order valence-electron chi connectivity index (χ0n) is 7.10. The van der Waals surface area contributed by atoms with E-state index in [0.29, 0.717) is 13.0 Å². The second-order valence-electron chi connectivity index (χ2n) is 3.09. The number of carboxylic acids is 2. The van der Waals surface area contributed by atoms with E-state index in [-0.39, 0.29) is 6.42 Å². The zero-order chi connectivity index (χ0) is 9.84. The van der Waals surface area contributed by atoms with E-state index in [1.807, 2.05) is 0 Å². The summed E-state index contributed by atoms with van der Waals surface area (Å²) in [6, 6.07) is 0. The molecule has 0 saturated carbocycles. The van der Waals surface area contributed by atoms with E-state index in [0.717, 1.165) is 6.42 Å². The van der Waals surface area contributed by atoms with Crippen molar-refractivity contribution in [1.29, 1.82) is 0 Å². The molecule has 1 rings (SSSR count). The van der Waals surface area contributed by atoms with Crippen molar-refractivity contribution in [1.82, 2.24) is 0 Å². The zero-order valence-corrected chi connectivity index (χ0v) is 7.10. The van der Waals surface area contributed by atoms with E-state index in [9.17, 15) is 9.59 Å². The molecule has 1 aliphatic heterocycles. The lowest BCUT2D eigenvalue weighted by molar-refractivity contribution is -0.152. The van der Waals surface area contributed by atoms with Gasteiger partial charge in [-0.05, 0) is 12.8 Å². The second-order valence-corrected chi connectivity index (χ2v) is 3.09. The van der Waals surface area contributed by atoms with Crippen LogP contribution in [0.2, 0.25) is 0 Å². The van der Waals surface area contributed by atoms with Crippen LogP contribution < -0.4 is 0 Å². The van der Waals surface area contributed by atoms with Crippen molar-refractivity contribution >= 4 is 11.9 Å². The van der Waals surface area contributed by atoms with Gasteiger partial charge in [-0.15, -0.1) is 0 Å². The van der Waals surface area contributed by atoms with Crippen molar-refractivity contribution in [3.8, 4) is 0 Å². The molecular weight excluding hydrogens is 176 g/mol. The van der Waals surface area contributed by atoms with Crippen LogP contribution in [0.1, 0.15) is 19.3 Å². The largest absolute Gasteiger partial charge is 0.481 e. The average Bonchev–Trinajstić information content (AvgIpc) is 2.50. The summed E-state index contributed by atoms with van der Waals surface area (Å²) in [7, 11) is 0. The summed E-state index contributed by atoms with van der Waals surface area (Å²) < 4.78 is 5.13. The van der Waals surface area contributed by atoms with Crippen LogP contribution in [0.4, 0.5) is 0 Å². The van der Waals surface area contributed by atoms with Gasteiger partial charge in [-0.25, -0.2) is 0 Å². The van der Waals surface area contributed by atoms with Crippen LogP contribution in [-0.2, 0) is 14.3 Å². The molecule has 1 heterocycles. The fraction of sp³-hybridized carbons (Fsp3) is 0.750. The molecule has 0 aromatic rings. The molecule has 74 valence electrons. The van der Waals surface area contributed by atoms with Crippen LogP contribution >= 0.6 is 0 Å². The predicted octanol–water partition coefficient (Wildman–Crippen LogP) is 0.341. The molecule has 0 aliphatic carbocycles. The van der Waals surface area contributed by atoms with Crippen LogP contribution in [0, 0.1) is 5.92 Å². The lowest BCUT2D eigenvalue weighted by Gasteiger charge is -2.16. The van der Waals surface area contributed by atoms with Crippen molar-refractivity contribution in [2.75, 3.05) is 6.61 Å². The van der Waals surface area contributed by atoms with Crippen molar-refractivity contribution in [3.05, 3.63) is 0 Å². The van der Waals surface area contributed by atoms with Gasteiger partial charge in [0.1, 0.15) is 0 Å². The number of aliphatic carboxylic acids is 2. The summed E-state index contributed by atoms with van der Waals surface area (Å²) >= 11 is 0. The number of hydrogen-bond donors (Lipinski definition) is 2. The number of ether oxygens (including phenoxy) is 1. The summed E-state index contributed by atoms with van der Waals surface area (Å²) in [6.07, 6.45) is 0.673. The minimum atomic E-state index is -1.09. The monoisotopic (exact) mass is 188 g/mol. The van der Waals surface area contributed by atoms with Crippen molar-refractivity contribution in [3.63, 3.8) is 0 Å². The third-order valence-corrected chi connectivity index (χ3v) is 2.13. The first kappa shape index (κ1) is 9.98. The smallest absolute Gasteiger partial charge is 0.309 e. The minimum absolute atomic E-state index is 0.361. The van der Waals surface area contributed by atoms with E-state index in [1.165, 1.54) is 0 Å². The van der Waals surface area contributed by atoms with Gasteiger partial charge in [0.2, 0.25) is 0 Å². The topological polar surface area (TPSA) is 83.8 Å². The van der Waals surface area contributed by atoms with Crippen molar-refractivity contribution in [2.45, 2.75) is 25.4 Å². The summed E-state index contributed by atoms with van der Waals surface area (Å²) in [6.45, 7) is 0.536. The summed E-state index contributed by atoms with van der Waals surface area (Å²) in [5.74, 6) is -3.09. The molecule has 0 amide bonds. The summed E-state index contributed by atoms with van der Waals surface area (Å²) in [5.41, 5.74) is 0. The molecule has 0 radical (unpaired) electrons. The third kappa shape index (κ3) is 2.69. The maximum atomic E-state index is 10.7. The van der Waals surface area contributed by atoms with Crippen molar-refractivity contribution in [2.24, 2.45) is 5.92 Å². The predicted molar refractivity (Wildman–Crippen MR) is 42.4 cm³/mol. The first-order valence-electron chi connectivity index (χ1n) is 4.17. The van der Waals surface area contributed by atoms with Gasteiger partial charge in [0.05, 0.1) is 18.4 Å². The molecule has 13 heavy (non-hydrogen) atoms. The van der Waals surface area contributed by atoms with Crippen LogP contribution in [0.15, 0.2) is 0 Å². The minimum Gasteiger partial charge on any atom is -0.481 e. The van der Waals surface area contributed by atoms with Gasteiger partial charge in [0, 0.05) is 6.61 Å². The average molecular weight is 188 g/mol. The molecule has 0 unspecified atom stereocenters. The Balaban J connectivity index is 2.55. The SMILES string of the molecule is O=C(O)C[C@H](C(=O)O)[C@H]1CCCO1. The molecule has 2 N–H and O–H groups in total. The Morgan fingerprint density at radius 3 is 2.54 bits per heavy atom. The van der Waals surface area contributed by atoms with Gasteiger partial charge in [-0.1, -0.05) is 0 Å². The Morgan fingerprint density at radius 1 is 1.46 bits per heavy atom. The highest BCUT2D eigenvalue weighted by molar-refractivity contribution is 5.78. The molecule has 2 atom stereocenters. The Bertz CT molecular complexity index is 207. The molecule has 5 nitrogen and oxygen atoms in total. The molecular formula is C8H12O5. The van der Waals surface area contributed by atoms with Gasteiger partial charge in [-0.2, -0.15) is 0 Å². The normalized spacial score (nSPS) is 24.2. The lowest BCUT2D eigenvalue weighted by atomic mass is 9.97. The summed E-state index contributed by atoms with van der Waals surface area (Å²) in [5, 5.41) is 17.2. The molecule has 1 saturated heterocycles. The quantitative estimate of drug-likeness (QED) is 0.664. The molecule has 0 spiro atoms. The summed E-state index contributed by atoms with van der Waals surface area (Å²) in [4.78, 5) is 21.0. The number of rotatable bonds is 4. The lowest BCUT2D eigenvalue weighted by Crippen LogP contribution is -2.29. The Labute approximate surface area is 75.3 Å². The first-order valence-corrected chi connectivity index (χ1v) is 4.17. The second kappa shape index (κ2) is 4.23. The van der Waals surface area contributed by atoms with E-state index in [1.54, 1.807) is 0 Å². The first-order chi connectivity index (χ1) is 6.11. The van der Waals surface area contributed by atoms with Crippen LogP contribution in [0.3, 0.4) is 0 Å². The number of hydrogen-bond acceptors (Lipinski definition) is 3.